The Kier molecular flexibility index (Phi) is 3.65. The molecule has 0 spiro atoms. The maximum Gasteiger partial charge on any atom is 0.133 e. The normalized spacial score (nSPS) is 11.9. The number of hydrogen-bond donors (Lipinski definition) is 2. The number of hydrogen-bond acceptors (Lipinski definition) is 4. The van der Waals surface area contributed by atoms with Crippen LogP contribution >= 0.6 is 11.6 Å². The van der Waals surface area contributed by atoms with Gasteiger partial charge < -0.3 is 10.2 Å². The third-order valence-corrected chi connectivity index (χ3v) is 2.70. The van der Waals surface area contributed by atoms with Crippen LogP contribution in [0.5, 0.6) is 5.75 Å². The zero-order valence-electron chi connectivity index (χ0n) is 9.51. The Morgan fingerprint density at radius 3 is 2.63 bits per heavy atom. The van der Waals surface area contributed by atoms with E-state index in [1.54, 1.807) is 6.07 Å². The van der Waals surface area contributed by atoms with Crippen LogP contribution in [0.15, 0.2) is 30.3 Å². The molecule has 0 fully saturated rings. The molecule has 0 saturated carbocycles. The van der Waals surface area contributed by atoms with Gasteiger partial charge in [0, 0.05) is 17.7 Å². The van der Waals surface area contributed by atoms with Gasteiger partial charge >= 0.3 is 0 Å². The number of rotatable bonds is 2. The number of aromatic hydroxyl groups is 1. The summed E-state index contributed by atoms with van der Waals surface area (Å²) in [6, 6.07) is 7.87. The first kappa shape index (κ1) is 13.3. The fourth-order valence-electron chi connectivity index (χ4n) is 1.62. The predicted molar refractivity (Wildman–Crippen MR) is 66.1 cm³/mol. The van der Waals surface area contributed by atoms with Crippen molar-refractivity contribution in [3.8, 4) is 11.8 Å². The molecule has 96 valence electrons. The van der Waals surface area contributed by atoms with Gasteiger partial charge in [0.05, 0.1) is 17.3 Å². The molecule has 0 saturated heterocycles. The molecule has 0 aliphatic rings. The molecule has 0 radical (unpaired) electrons. The monoisotopic (exact) mass is 278 g/mol. The number of aliphatic hydroxyl groups is 1. The third-order valence-electron chi connectivity index (χ3n) is 2.50. The number of nitrogens with zero attached hydrogens (tertiary/aromatic N) is 2. The SMILES string of the molecule is N#Cc1ccc(C(O)c2cc(O)cc(Cl)n2)c(F)c1. The van der Waals surface area contributed by atoms with Gasteiger partial charge in [0.1, 0.15) is 22.8 Å². The highest BCUT2D eigenvalue weighted by atomic mass is 35.5. The van der Waals surface area contributed by atoms with Crippen molar-refractivity contribution in [1.29, 1.82) is 5.26 Å². The highest BCUT2D eigenvalue weighted by molar-refractivity contribution is 6.29. The van der Waals surface area contributed by atoms with Crippen molar-refractivity contribution in [2.45, 2.75) is 6.10 Å². The van der Waals surface area contributed by atoms with E-state index in [0.29, 0.717) is 0 Å². The third kappa shape index (κ3) is 2.81. The standard InChI is InChI=1S/C13H8ClFN2O2/c14-12-5-8(18)4-11(17-12)13(19)9-2-1-7(6-16)3-10(9)15/h1-5,13,19H,(H,17,18). The minimum absolute atomic E-state index is 0.0110. The Balaban J connectivity index is 2.44. The van der Waals surface area contributed by atoms with Crippen LogP contribution in [0, 0.1) is 17.1 Å². The van der Waals surface area contributed by atoms with E-state index in [4.69, 9.17) is 16.9 Å². The average Bonchev–Trinajstić information content (AvgIpc) is 2.36. The van der Waals surface area contributed by atoms with Gasteiger partial charge in [-0.05, 0) is 12.1 Å². The van der Waals surface area contributed by atoms with Crippen molar-refractivity contribution in [3.63, 3.8) is 0 Å². The number of benzene rings is 1. The van der Waals surface area contributed by atoms with Gasteiger partial charge in [0.25, 0.3) is 0 Å². The zero-order valence-corrected chi connectivity index (χ0v) is 10.3. The maximum absolute atomic E-state index is 13.7. The van der Waals surface area contributed by atoms with Crippen molar-refractivity contribution < 1.29 is 14.6 Å². The van der Waals surface area contributed by atoms with Crippen LogP contribution in [0.1, 0.15) is 22.9 Å². The Morgan fingerprint density at radius 2 is 2.05 bits per heavy atom. The molecule has 1 aromatic heterocycles. The van der Waals surface area contributed by atoms with Gasteiger partial charge in [-0.1, -0.05) is 17.7 Å². The van der Waals surface area contributed by atoms with Crippen LogP contribution in [-0.2, 0) is 0 Å². The highest BCUT2D eigenvalue weighted by Crippen LogP contribution is 2.27. The van der Waals surface area contributed by atoms with E-state index in [1.807, 2.05) is 0 Å². The molecular weight excluding hydrogens is 271 g/mol. The van der Waals surface area contributed by atoms with Crippen molar-refractivity contribution in [3.05, 3.63) is 58.1 Å². The summed E-state index contributed by atoms with van der Waals surface area (Å²) in [5, 5.41) is 28.0. The van der Waals surface area contributed by atoms with Crippen LogP contribution in [0.4, 0.5) is 4.39 Å². The number of nitriles is 1. The van der Waals surface area contributed by atoms with E-state index in [0.717, 1.165) is 6.07 Å². The Labute approximate surface area is 113 Å². The van der Waals surface area contributed by atoms with Crippen molar-refractivity contribution in [2.75, 3.05) is 0 Å². The number of pyridine rings is 1. The van der Waals surface area contributed by atoms with Crippen LogP contribution in [0.2, 0.25) is 5.15 Å². The molecule has 0 aliphatic carbocycles. The smallest absolute Gasteiger partial charge is 0.133 e. The van der Waals surface area contributed by atoms with E-state index in [-0.39, 0.29) is 27.7 Å². The Hall–Kier alpha value is -2.16. The second-order valence-electron chi connectivity index (χ2n) is 3.82. The first-order chi connectivity index (χ1) is 9.01. The lowest BCUT2D eigenvalue weighted by atomic mass is 10.0. The van der Waals surface area contributed by atoms with Crippen LogP contribution in [0.25, 0.3) is 0 Å². The molecule has 0 bridgehead atoms. The lowest BCUT2D eigenvalue weighted by molar-refractivity contribution is 0.209. The van der Waals surface area contributed by atoms with Crippen LogP contribution in [-0.4, -0.2) is 15.2 Å². The lowest BCUT2D eigenvalue weighted by Crippen LogP contribution is -2.05. The fourth-order valence-corrected chi connectivity index (χ4v) is 1.83. The summed E-state index contributed by atoms with van der Waals surface area (Å²) in [6.07, 6.45) is -1.38. The molecule has 1 heterocycles. The van der Waals surface area contributed by atoms with Gasteiger partial charge in [0.2, 0.25) is 0 Å². The van der Waals surface area contributed by atoms with E-state index in [9.17, 15) is 14.6 Å². The zero-order chi connectivity index (χ0) is 14.0. The summed E-state index contributed by atoms with van der Waals surface area (Å²) in [5.41, 5.74) is 0.122. The van der Waals surface area contributed by atoms with Gasteiger partial charge in [-0.25, -0.2) is 9.37 Å². The summed E-state index contributed by atoms with van der Waals surface area (Å²) >= 11 is 5.65. The Morgan fingerprint density at radius 1 is 1.32 bits per heavy atom. The minimum atomic E-state index is -1.38. The molecule has 1 unspecified atom stereocenters. The van der Waals surface area contributed by atoms with Gasteiger partial charge in [-0.2, -0.15) is 5.26 Å². The molecule has 0 amide bonds. The summed E-state index contributed by atoms with van der Waals surface area (Å²) in [6.45, 7) is 0. The van der Waals surface area contributed by atoms with Crippen molar-refractivity contribution >= 4 is 11.6 Å². The summed E-state index contributed by atoms with van der Waals surface area (Å²) in [4.78, 5) is 3.82. The van der Waals surface area contributed by atoms with Gasteiger partial charge in [0.15, 0.2) is 0 Å². The van der Waals surface area contributed by atoms with Gasteiger partial charge in [-0.3, -0.25) is 0 Å². The molecule has 0 aliphatic heterocycles. The molecule has 1 aromatic carbocycles. The molecule has 1 atom stereocenters. The molecule has 6 heteroatoms. The van der Waals surface area contributed by atoms with E-state index in [2.05, 4.69) is 4.98 Å². The van der Waals surface area contributed by atoms with E-state index < -0.39 is 11.9 Å². The lowest BCUT2D eigenvalue weighted by Gasteiger charge is -2.12. The molecule has 19 heavy (non-hydrogen) atoms. The highest BCUT2D eigenvalue weighted by Gasteiger charge is 2.18. The first-order valence-electron chi connectivity index (χ1n) is 5.25. The minimum Gasteiger partial charge on any atom is -0.508 e. The topological polar surface area (TPSA) is 77.1 Å². The van der Waals surface area contributed by atoms with Crippen molar-refractivity contribution in [1.82, 2.24) is 4.98 Å². The fraction of sp³-hybridized carbons (Fsp3) is 0.0769. The quantitative estimate of drug-likeness (QED) is 0.828. The molecule has 2 aromatic rings. The summed E-state index contributed by atoms with van der Waals surface area (Å²) in [5.74, 6) is -0.907. The molecule has 2 N–H and O–H groups in total. The maximum atomic E-state index is 13.7. The van der Waals surface area contributed by atoms with Crippen molar-refractivity contribution in [2.24, 2.45) is 0 Å². The number of halogens is 2. The van der Waals surface area contributed by atoms with Crippen LogP contribution < -0.4 is 0 Å². The summed E-state index contributed by atoms with van der Waals surface area (Å²) < 4.78 is 13.7. The molecule has 2 rings (SSSR count). The largest absolute Gasteiger partial charge is 0.508 e. The second-order valence-corrected chi connectivity index (χ2v) is 4.21. The number of aromatic nitrogens is 1. The van der Waals surface area contributed by atoms with Crippen LogP contribution in [0.3, 0.4) is 0 Å². The predicted octanol–water partition coefficient (Wildman–Crippen LogP) is 2.53. The molecular formula is C13H8ClFN2O2. The first-order valence-corrected chi connectivity index (χ1v) is 5.63. The Bertz CT molecular complexity index is 650. The summed E-state index contributed by atoms with van der Waals surface area (Å²) in [7, 11) is 0. The second kappa shape index (κ2) is 5.22. The van der Waals surface area contributed by atoms with E-state index >= 15 is 0 Å². The van der Waals surface area contributed by atoms with Gasteiger partial charge in [-0.15, -0.1) is 0 Å². The average molecular weight is 279 g/mol. The number of aliphatic hydroxyl groups excluding tert-OH is 1. The van der Waals surface area contributed by atoms with E-state index in [1.165, 1.54) is 24.3 Å². The molecule has 4 nitrogen and oxygen atoms in total.